The number of benzene rings is 1. The van der Waals surface area contributed by atoms with Crippen molar-refractivity contribution >= 4 is 48.1 Å². The largest absolute Gasteiger partial charge is 0.458 e. The lowest BCUT2D eigenvalue weighted by Gasteiger charge is -2.27. The van der Waals surface area contributed by atoms with E-state index in [1.165, 1.54) is 30.5 Å². The van der Waals surface area contributed by atoms with Crippen LogP contribution in [0.25, 0.3) is 5.65 Å². The number of halogens is 3. The minimum absolute atomic E-state index is 0. The van der Waals surface area contributed by atoms with Gasteiger partial charge in [-0.25, -0.2) is 4.98 Å². The third-order valence-corrected chi connectivity index (χ3v) is 5.62. The van der Waals surface area contributed by atoms with Crippen LogP contribution in [0.15, 0.2) is 24.3 Å². The van der Waals surface area contributed by atoms with Gasteiger partial charge in [0.1, 0.15) is 18.3 Å². The first-order chi connectivity index (χ1) is 16.6. The van der Waals surface area contributed by atoms with E-state index in [1.807, 2.05) is 4.90 Å². The number of nitrogens with zero attached hydrogens (tertiary/aromatic N) is 4. The molecule has 0 saturated carbocycles. The fourth-order valence-corrected chi connectivity index (χ4v) is 3.72. The van der Waals surface area contributed by atoms with Gasteiger partial charge in [-0.3, -0.25) is 4.79 Å². The Morgan fingerprint density at radius 1 is 1.31 bits per heavy atom. The molecule has 0 bridgehead atoms. The molecule has 1 fully saturated rings. The van der Waals surface area contributed by atoms with E-state index >= 15 is 0 Å². The highest BCUT2D eigenvalue weighted by Crippen LogP contribution is 2.36. The summed E-state index contributed by atoms with van der Waals surface area (Å²) in [6.45, 7) is 4.81. The number of alkyl halides is 3. The van der Waals surface area contributed by atoms with E-state index < -0.39 is 23.8 Å². The predicted molar refractivity (Wildman–Crippen MR) is 134 cm³/mol. The Labute approximate surface area is 212 Å². The minimum atomic E-state index is -4.52. The zero-order chi connectivity index (χ0) is 25.3. The summed E-state index contributed by atoms with van der Waals surface area (Å²) in [4.78, 5) is 18.4. The molecule has 0 amide bonds. The van der Waals surface area contributed by atoms with Crippen LogP contribution < -0.4 is 21.7 Å². The van der Waals surface area contributed by atoms with Crippen molar-refractivity contribution in [3.8, 4) is 0 Å². The number of anilines is 4. The van der Waals surface area contributed by atoms with Crippen LogP contribution >= 0.6 is 13.5 Å². The Bertz CT molecular complexity index is 1240. The summed E-state index contributed by atoms with van der Waals surface area (Å²) in [5.74, 6) is 0.124. The number of rotatable bonds is 6. The maximum Gasteiger partial charge on any atom is 0.416 e. The highest BCUT2D eigenvalue weighted by atomic mass is 32.1. The van der Waals surface area contributed by atoms with Crippen molar-refractivity contribution in [3.63, 3.8) is 0 Å². The number of morpholine rings is 1. The maximum atomic E-state index is 13.5. The predicted octanol–water partition coefficient (Wildman–Crippen LogP) is 2.72. The van der Waals surface area contributed by atoms with Crippen LogP contribution in [0, 0.1) is 6.92 Å². The van der Waals surface area contributed by atoms with Crippen molar-refractivity contribution < 1.29 is 27.4 Å². The molecule has 1 aromatic carbocycles. The Kier molecular flexibility index (Phi) is 8.21. The number of imidazole rings is 1. The first-order valence-corrected chi connectivity index (χ1v) is 10.9. The number of nitrogens with two attached hydrogens (primary N) is 2. The lowest BCUT2D eigenvalue weighted by atomic mass is 10.1. The van der Waals surface area contributed by atoms with Gasteiger partial charge < -0.3 is 31.2 Å². The molecule has 3 aromatic rings. The Morgan fingerprint density at radius 2 is 2.00 bits per heavy atom. The fraction of sp³-hybridized carbons (Fsp3) is 0.409. The van der Waals surface area contributed by atoms with Crippen molar-refractivity contribution in [2.75, 3.05) is 42.3 Å². The lowest BCUT2D eigenvalue weighted by Crippen LogP contribution is -2.37. The molecule has 36 heavy (non-hydrogen) atoms. The molecule has 0 radical (unpaired) electrons. The van der Waals surface area contributed by atoms with Gasteiger partial charge in [0.15, 0.2) is 17.3 Å². The summed E-state index contributed by atoms with van der Waals surface area (Å²) in [6.07, 6.45) is -4.52. The van der Waals surface area contributed by atoms with Crippen LogP contribution in [0.5, 0.6) is 0 Å². The van der Waals surface area contributed by atoms with Crippen LogP contribution in [-0.2, 0) is 27.1 Å². The molecule has 0 aliphatic carbocycles. The summed E-state index contributed by atoms with van der Waals surface area (Å²) in [5.41, 5.74) is 12.0. The zero-order valence-electron chi connectivity index (χ0n) is 19.7. The smallest absolute Gasteiger partial charge is 0.416 e. The number of carbonyl (C=O) groups excluding carboxylic acids is 1. The van der Waals surface area contributed by atoms with Crippen LogP contribution in [-0.4, -0.2) is 52.9 Å². The van der Waals surface area contributed by atoms with E-state index in [-0.39, 0.29) is 48.5 Å². The quantitative estimate of drug-likeness (QED) is 0.414. The van der Waals surface area contributed by atoms with E-state index in [2.05, 4.69) is 15.4 Å². The third kappa shape index (κ3) is 5.60. The number of nitrogen functional groups attached to an aromatic ring is 1. The second-order valence-electron chi connectivity index (χ2n) is 8.20. The average molecular weight is 528 g/mol. The number of hydrogen-bond donors (Lipinski definition) is 3. The molecule has 1 aliphatic heterocycles. The highest BCUT2D eigenvalue weighted by Gasteiger charge is 2.33. The van der Waals surface area contributed by atoms with E-state index in [1.54, 1.807) is 6.07 Å². The van der Waals surface area contributed by atoms with Crippen LogP contribution in [0.3, 0.4) is 0 Å². The molecular formula is C22H28F3N7O3S. The molecule has 14 heteroatoms. The zero-order valence-corrected chi connectivity index (χ0v) is 20.7. The van der Waals surface area contributed by atoms with Gasteiger partial charge in [0.2, 0.25) is 0 Å². The number of ether oxygens (including phenoxy) is 2. The molecular weight excluding hydrogens is 499 g/mol. The first-order valence-electron chi connectivity index (χ1n) is 10.9. The molecule has 196 valence electrons. The number of aromatic nitrogens is 3. The van der Waals surface area contributed by atoms with Crippen molar-refractivity contribution in [1.29, 1.82) is 0 Å². The highest BCUT2D eigenvalue weighted by molar-refractivity contribution is 7.59. The van der Waals surface area contributed by atoms with Crippen molar-refractivity contribution in [3.05, 3.63) is 41.1 Å². The molecule has 4 rings (SSSR count). The Hall–Kier alpha value is -3.23. The standard InChI is InChI=1S/C22H26F3N7O3.H2S/c1-12-14(22(23,24)25)4-3-5-16(12)28-20-17(11-35-21(33)13(2)26)29-19-15(27)10-18(30-32(19)20)31-6-8-34-9-7-31;/h3-5,10,13,28H,6-9,11,26-27H2,1-2H3;1H2. The summed E-state index contributed by atoms with van der Waals surface area (Å²) in [7, 11) is 0. The molecule has 2 aromatic heterocycles. The molecule has 1 unspecified atom stereocenters. The molecule has 10 nitrogen and oxygen atoms in total. The molecule has 1 aliphatic rings. The summed E-state index contributed by atoms with van der Waals surface area (Å²) in [6, 6.07) is 4.64. The average Bonchev–Trinajstić information content (AvgIpc) is 3.16. The molecule has 1 saturated heterocycles. The van der Waals surface area contributed by atoms with E-state index in [0.717, 1.165) is 6.07 Å². The number of carbonyl (C=O) groups is 1. The fourth-order valence-electron chi connectivity index (χ4n) is 3.72. The van der Waals surface area contributed by atoms with Crippen molar-refractivity contribution in [2.45, 2.75) is 32.7 Å². The maximum absolute atomic E-state index is 13.5. The topological polar surface area (TPSA) is 133 Å². The molecule has 3 heterocycles. The van der Waals surface area contributed by atoms with Crippen LogP contribution in [0.1, 0.15) is 23.7 Å². The summed E-state index contributed by atoms with van der Waals surface area (Å²) < 4.78 is 52.5. The van der Waals surface area contributed by atoms with E-state index in [4.69, 9.17) is 20.9 Å². The second-order valence-corrected chi connectivity index (χ2v) is 8.20. The molecule has 5 N–H and O–H groups in total. The third-order valence-electron chi connectivity index (χ3n) is 5.62. The number of fused-ring (bicyclic) bond motifs is 1. The van der Waals surface area contributed by atoms with E-state index in [9.17, 15) is 18.0 Å². The van der Waals surface area contributed by atoms with Gasteiger partial charge in [-0.2, -0.15) is 31.2 Å². The van der Waals surface area contributed by atoms with Gasteiger partial charge >= 0.3 is 12.1 Å². The van der Waals surface area contributed by atoms with Crippen LogP contribution in [0.2, 0.25) is 0 Å². The lowest BCUT2D eigenvalue weighted by molar-refractivity contribution is -0.146. The normalized spacial score (nSPS) is 14.9. The van der Waals surface area contributed by atoms with E-state index in [0.29, 0.717) is 37.8 Å². The number of hydrogen-bond acceptors (Lipinski definition) is 9. The van der Waals surface area contributed by atoms with Gasteiger partial charge in [0, 0.05) is 24.8 Å². The van der Waals surface area contributed by atoms with Crippen molar-refractivity contribution in [1.82, 2.24) is 14.6 Å². The second kappa shape index (κ2) is 10.8. The van der Waals surface area contributed by atoms with Crippen molar-refractivity contribution in [2.24, 2.45) is 5.73 Å². The molecule has 1 atom stereocenters. The van der Waals surface area contributed by atoms with Gasteiger partial charge in [-0.1, -0.05) is 6.07 Å². The van der Waals surface area contributed by atoms with Gasteiger partial charge in [0.05, 0.1) is 24.5 Å². The number of nitrogens with one attached hydrogen (secondary N) is 1. The SMILES string of the molecule is Cc1c(Nc2c(COC(=O)C(C)N)nc3c(N)cc(N4CCOCC4)nn23)cccc1C(F)(F)F.S. The number of esters is 1. The minimum Gasteiger partial charge on any atom is -0.458 e. The Balaban J connectivity index is 0.00000361. The summed E-state index contributed by atoms with van der Waals surface area (Å²) in [5, 5.41) is 7.64. The summed E-state index contributed by atoms with van der Waals surface area (Å²) >= 11 is 0. The van der Waals surface area contributed by atoms with Gasteiger partial charge in [-0.15, -0.1) is 5.10 Å². The first kappa shape index (κ1) is 27.4. The van der Waals surface area contributed by atoms with Gasteiger partial charge in [-0.05, 0) is 31.5 Å². The van der Waals surface area contributed by atoms with Gasteiger partial charge in [0.25, 0.3) is 0 Å². The van der Waals surface area contributed by atoms with Crippen LogP contribution in [0.4, 0.5) is 36.2 Å². The monoisotopic (exact) mass is 527 g/mol. The Morgan fingerprint density at radius 3 is 2.64 bits per heavy atom. The molecule has 0 spiro atoms.